The van der Waals surface area contributed by atoms with Crippen molar-refractivity contribution in [2.75, 3.05) is 26.7 Å². The van der Waals surface area contributed by atoms with E-state index in [1.165, 1.54) is 11.3 Å². The monoisotopic (exact) mass is 268 g/mol. The molecule has 1 aliphatic heterocycles. The van der Waals surface area contributed by atoms with Crippen molar-refractivity contribution in [3.05, 3.63) is 16.1 Å². The van der Waals surface area contributed by atoms with E-state index in [1.807, 2.05) is 10.3 Å². The second-order valence-corrected chi connectivity index (χ2v) is 5.74. The maximum Gasteiger partial charge on any atom is 0.273 e. The molecule has 1 aromatic heterocycles. The molecule has 1 aliphatic rings. The number of thiazole rings is 1. The third-order valence-corrected chi connectivity index (χ3v) is 4.12. The van der Waals surface area contributed by atoms with Gasteiger partial charge in [-0.2, -0.15) is 0 Å². The molecular weight excluding hydrogens is 248 g/mol. The lowest BCUT2D eigenvalue weighted by Crippen LogP contribution is -2.42. The first-order chi connectivity index (χ1) is 8.61. The summed E-state index contributed by atoms with van der Waals surface area (Å²) in [6, 6.07) is 0.230. The highest BCUT2D eigenvalue weighted by atomic mass is 32.1. The number of aromatic nitrogens is 1. The second kappa shape index (κ2) is 5.77. The topological polar surface area (TPSA) is 62.5 Å². The Morgan fingerprint density at radius 1 is 1.61 bits per heavy atom. The van der Waals surface area contributed by atoms with E-state index in [0.717, 1.165) is 31.1 Å². The Hall–Kier alpha value is -0.980. The smallest absolute Gasteiger partial charge is 0.273 e. The van der Waals surface area contributed by atoms with Crippen molar-refractivity contribution in [1.82, 2.24) is 14.8 Å². The van der Waals surface area contributed by atoms with E-state index in [2.05, 4.69) is 23.9 Å². The summed E-state index contributed by atoms with van der Waals surface area (Å²) < 4.78 is 0. The van der Waals surface area contributed by atoms with E-state index in [-0.39, 0.29) is 11.9 Å². The van der Waals surface area contributed by atoms with Crippen molar-refractivity contribution in [3.8, 4) is 0 Å². The van der Waals surface area contributed by atoms with Gasteiger partial charge in [-0.1, -0.05) is 0 Å². The number of hydrogen-bond donors (Lipinski definition) is 1. The lowest BCUT2D eigenvalue weighted by atomic mass is 10.2. The van der Waals surface area contributed by atoms with Crippen LogP contribution in [0.1, 0.15) is 28.8 Å². The molecule has 100 valence electrons. The summed E-state index contributed by atoms with van der Waals surface area (Å²) >= 11 is 1.45. The Morgan fingerprint density at radius 3 is 3.06 bits per heavy atom. The predicted octanol–water partition coefficient (Wildman–Crippen LogP) is 0.768. The van der Waals surface area contributed by atoms with Gasteiger partial charge in [0.1, 0.15) is 10.7 Å². The lowest BCUT2D eigenvalue weighted by Gasteiger charge is -2.27. The third kappa shape index (κ3) is 2.88. The largest absolute Gasteiger partial charge is 0.333 e. The van der Waals surface area contributed by atoms with Gasteiger partial charge in [0, 0.05) is 31.1 Å². The van der Waals surface area contributed by atoms with Crippen LogP contribution in [0.15, 0.2) is 5.38 Å². The van der Waals surface area contributed by atoms with E-state index < -0.39 is 0 Å². The maximum atomic E-state index is 12.4. The Labute approximate surface area is 112 Å². The molecule has 0 aromatic carbocycles. The molecule has 5 nitrogen and oxygen atoms in total. The first-order valence-electron chi connectivity index (χ1n) is 6.25. The Balaban J connectivity index is 2.11. The molecule has 2 rings (SSSR count). The standard InChI is InChI=1S/C12H20N4OS/c1-9-7-15(2)4-3-5-16(9)12(17)10-8-18-11(6-13)14-10/h8-9H,3-7,13H2,1-2H3. The normalized spacial score (nSPS) is 21.9. The summed E-state index contributed by atoms with van der Waals surface area (Å²) in [7, 11) is 2.10. The zero-order chi connectivity index (χ0) is 13.1. The van der Waals surface area contributed by atoms with E-state index in [9.17, 15) is 4.79 Å². The van der Waals surface area contributed by atoms with Crippen LogP contribution in [0.25, 0.3) is 0 Å². The van der Waals surface area contributed by atoms with Gasteiger partial charge in [-0.15, -0.1) is 11.3 Å². The van der Waals surface area contributed by atoms with Gasteiger partial charge < -0.3 is 15.5 Å². The Morgan fingerprint density at radius 2 is 2.39 bits per heavy atom. The first kappa shape index (κ1) is 13.5. The van der Waals surface area contributed by atoms with Crippen LogP contribution >= 0.6 is 11.3 Å². The number of likely N-dealkylation sites (N-methyl/N-ethyl adjacent to an activating group) is 1. The van der Waals surface area contributed by atoms with E-state index >= 15 is 0 Å². The summed E-state index contributed by atoms with van der Waals surface area (Å²) in [6.07, 6.45) is 1.01. The van der Waals surface area contributed by atoms with E-state index in [1.54, 1.807) is 0 Å². The molecule has 1 aromatic rings. The van der Waals surface area contributed by atoms with Crippen LogP contribution in [0, 0.1) is 0 Å². The number of carbonyl (C=O) groups is 1. The van der Waals surface area contributed by atoms with Crippen LogP contribution in [0.2, 0.25) is 0 Å². The molecule has 0 spiro atoms. The summed E-state index contributed by atoms with van der Waals surface area (Å²) in [5.41, 5.74) is 6.07. The highest BCUT2D eigenvalue weighted by Gasteiger charge is 2.26. The highest BCUT2D eigenvalue weighted by Crippen LogP contribution is 2.15. The van der Waals surface area contributed by atoms with Crippen LogP contribution in [0.5, 0.6) is 0 Å². The fourth-order valence-corrected chi connectivity index (χ4v) is 2.97. The van der Waals surface area contributed by atoms with Gasteiger partial charge in [-0.05, 0) is 26.9 Å². The fraction of sp³-hybridized carbons (Fsp3) is 0.667. The minimum atomic E-state index is 0.0359. The van der Waals surface area contributed by atoms with Crippen molar-refractivity contribution in [2.24, 2.45) is 5.73 Å². The first-order valence-corrected chi connectivity index (χ1v) is 7.13. The molecule has 0 bridgehead atoms. The molecule has 1 amide bonds. The van der Waals surface area contributed by atoms with Crippen molar-refractivity contribution >= 4 is 17.2 Å². The van der Waals surface area contributed by atoms with Gasteiger partial charge in [0.05, 0.1) is 0 Å². The van der Waals surface area contributed by atoms with Gasteiger partial charge in [0.25, 0.3) is 5.91 Å². The van der Waals surface area contributed by atoms with Crippen molar-refractivity contribution in [3.63, 3.8) is 0 Å². The van der Waals surface area contributed by atoms with Crippen molar-refractivity contribution in [2.45, 2.75) is 25.9 Å². The minimum Gasteiger partial charge on any atom is -0.333 e. The number of carbonyl (C=O) groups excluding carboxylic acids is 1. The molecule has 1 saturated heterocycles. The highest BCUT2D eigenvalue weighted by molar-refractivity contribution is 7.09. The molecule has 1 atom stereocenters. The molecule has 18 heavy (non-hydrogen) atoms. The number of hydrogen-bond acceptors (Lipinski definition) is 5. The molecule has 0 saturated carbocycles. The number of amides is 1. The molecule has 0 radical (unpaired) electrons. The average molecular weight is 268 g/mol. The predicted molar refractivity (Wildman–Crippen MR) is 72.6 cm³/mol. The minimum absolute atomic E-state index is 0.0359. The number of rotatable bonds is 2. The van der Waals surface area contributed by atoms with Crippen LogP contribution in [0.3, 0.4) is 0 Å². The summed E-state index contributed by atoms with van der Waals surface area (Å²) in [4.78, 5) is 20.9. The van der Waals surface area contributed by atoms with Crippen LogP contribution in [0.4, 0.5) is 0 Å². The Kier molecular flexibility index (Phi) is 4.31. The SMILES string of the molecule is CC1CN(C)CCCN1C(=O)c1csc(CN)n1. The van der Waals surface area contributed by atoms with E-state index in [0.29, 0.717) is 12.2 Å². The molecule has 1 fully saturated rings. The van der Waals surface area contributed by atoms with Gasteiger partial charge in [0.15, 0.2) is 0 Å². The van der Waals surface area contributed by atoms with Gasteiger partial charge >= 0.3 is 0 Å². The molecule has 2 N–H and O–H groups in total. The maximum absolute atomic E-state index is 12.4. The van der Waals surface area contributed by atoms with Crippen molar-refractivity contribution in [1.29, 1.82) is 0 Å². The second-order valence-electron chi connectivity index (χ2n) is 4.79. The number of nitrogens with zero attached hydrogens (tertiary/aromatic N) is 3. The average Bonchev–Trinajstić information content (AvgIpc) is 2.75. The van der Waals surface area contributed by atoms with Crippen LogP contribution in [-0.4, -0.2) is 53.4 Å². The lowest BCUT2D eigenvalue weighted by molar-refractivity contribution is 0.0691. The molecular formula is C12H20N4OS. The number of nitrogens with two attached hydrogens (primary N) is 1. The molecule has 0 aliphatic carbocycles. The third-order valence-electron chi connectivity index (χ3n) is 3.25. The summed E-state index contributed by atoms with van der Waals surface area (Å²) in [5, 5.41) is 2.63. The van der Waals surface area contributed by atoms with Crippen LogP contribution < -0.4 is 5.73 Å². The quantitative estimate of drug-likeness (QED) is 0.860. The van der Waals surface area contributed by atoms with Crippen LogP contribution in [-0.2, 0) is 6.54 Å². The molecule has 6 heteroatoms. The summed E-state index contributed by atoms with van der Waals surface area (Å²) in [6.45, 7) is 5.25. The summed E-state index contributed by atoms with van der Waals surface area (Å²) in [5.74, 6) is 0.0359. The van der Waals surface area contributed by atoms with Gasteiger partial charge in [0.2, 0.25) is 0 Å². The van der Waals surface area contributed by atoms with Crippen molar-refractivity contribution < 1.29 is 4.79 Å². The van der Waals surface area contributed by atoms with Gasteiger partial charge in [-0.25, -0.2) is 4.98 Å². The zero-order valence-electron chi connectivity index (χ0n) is 10.9. The zero-order valence-corrected chi connectivity index (χ0v) is 11.7. The van der Waals surface area contributed by atoms with Gasteiger partial charge in [-0.3, -0.25) is 4.79 Å². The molecule has 2 heterocycles. The van der Waals surface area contributed by atoms with E-state index in [4.69, 9.17) is 5.73 Å². The Bertz CT molecular complexity index is 420. The fourth-order valence-electron chi connectivity index (χ4n) is 2.32. The molecule has 1 unspecified atom stereocenters.